The largest absolute Gasteiger partial charge is 0.487 e. The van der Waals surface area contributed by atoms with E-state index in [4.69, 9.17) is 26.3 Å². The van der Waals surface area contributed by atoms with Crippen LogP contribution in [0.4, 0.5) is 26.2 Å². The number of hydrogen-bond acceptors (Lipinski definition) is 6. The number of halogens is 3. The second-order valence-corrected chi connectivity index (χ2v) is 8.98. The molecule has 0 amide bonds. The Morgan fingerprint density at radius 3 is 2.83 bits per heavy atom. The van der Waals surface area contributed by atoms with Crippen molar-refractivity contribution in [1.29, 1.82) is 0 Å². The third-order valence-electron chi connectivity index (χ3n) is 6.32. The van der Waals surface area contributed by atoms with Gasteiger partial charge in [0, 0.05) is 42.0 Å². The summed E-state index contributed by atoms with van der Waals surface area (Å²) in [4.78, 5) is 13.6. The number of rotatable bonds is 2. The maximum atomic E-state index is 14.7. The number of ether oxygens (including phenoxy) is 1. The third kappa shape index (κ3) is 4.26. The van der Waals surface area contributed by atoms with E-state index in [1.54, 1.807) is 17.1 Å². The van der Waals surface area contributed by atoms with Crippen molar-refractivity contribution in [2.75, 3.05) is 23.8 Å². The van der Waals surface area contributed by atoms with Crippen molar-refractivity contribution in [3.63, 3.8) is 0 Å². The first-order valence-corrected chi connectivity index (χ1v) is 11.9. The van der Waals surface area contributed by atoms with Crippen LogP contribution >= 0.6 is 11.6 Å². The van der Waals surface area contributed by atoms with Crippen molar-refractivity contribution in [2.45, 2.75) is 18.8 Å². The van der Waals surface area contributed by atoms with Gasteiger partial charge in [0.15, 0.2) is 0 Å². The van der Waals surface area contributed by atoms with Gasteiger partial charge in [-0.05, 0) is 42.7 Å². The standard InChI is InChI=1S/C26H21ClF2N6O/c27-23-13-35(14-31-23)21-8-4-16-12-22(21)36-10-2-1-9-30-25-19-7-6-18(24(19)33-26(32-16)34-25)17-5-3-15(28)11-20(17)29/h1-5,8,11-14,18H,6-7,9-10H2,(H2,30,32,33,34)/b2-1+. The van der Waals surface area contributed by atoms with Gasteiger partial charge in [0.2, 0.25) is 5.95 Å². The highest BCUT2D eigenvalue weighted by atomic mass is 35.5. The molecule has 0 radical (unpaired) electrons. The van der Waals surface area contributed by atoms with Crippen molar-refractivity contribution in [3.05, 3.63) is 94.7 Å². The Balaban J connectivity index is 1.41. The fourth-order valence-electron chi connectivity index (χ4n) is 4.68. The molecule has 1 aliphatic heterocycles. The van der Waals surface area contributed by atoms with Crippen LogP contribution in [0.2, 0.25) is 5.15 Å². The van der Waals surface area contributed by atoms with Gasteiger partial charge in [-0.25, -0.2) is 18.7 Å². The van der Waals surface area contributed by atoms with Crippen molar-refractivity contribution in [1.82, 2.24) is 19.5 Å². The molecule has 4 aromatic rings. The first kappa shape index (κ1) is 22.5. The molecule has 1 unspecified atom stereocenters. The number of hydrogen-bond donors (Lipinski definition) is 2. The van der Waals surface area contributed by atoms with Gasteiger partial charge in [-0.1, -0.05) is 23.7 Å². The van der Waals surface area contributed by atoms with Crippen LogP contribution in [0.3, 0.4) is 0 Å². The van der Waals surface area contributed by atoms with E-state index in [9.17, 15) is 8.78 Å². The summed E-state index contributed by atoms with van der Waals surface area (Å²) in [6, 6.07) is 9.34. The van der Waals surface area contributed by atoms with Gasteiger partial charge in [-0.3, -0.25) is 0 Å². The fraction of sp³-hybridized carbons (Fsp3) is 0.192. The normalized spacial score (nSPS) is 17.5. The molecule has 0 saturated carbocycles. The van der Waals surface area contributed by atoms with Crippen molar-refractivity contribution in [3.8, 4) is 11.4 Å². The lowest BCUT2D eigenvalue weighted by Gasteiger charge is -2.16. The average molecular weight is 507 g/mol. The lowest BCUT2D eigenvalue weighted by molar-refractivity contribution is 0.361. The number of benzene rings is 2. The molecular formula is C26H21ClF2N6O. The van der Waals surface area contributed by atoms with Crippen LogP contribution in [0.15, 0.2) is 61.1 Å². The van der Waals surface area contributed by atoms with E-state index in [1.807, 2.05) is 30.4 Å². The third-order valence-corrected chi connectivity index (χ3v) is 6.52. The van der Waals surface area contributed by atoms with Gasteiger partial charge >= 0.3 is 0 Å². The maximum absolute atomic E-state index is 14.7. The molecule has 7 nitrogen and oxygen atoms in total. The van der Waals surface area contributed by atoms with Crippen LogP contribution in [-0.2, 0) is 6.42 Å². The van der Waals surface area contributed by atoms with Crippen molar-refractivity contribution in [2.24, 2.45) is 0 Å². The lowest BCUT2D eigenvalue weighted by Crippen LogP contribution is -2.10. The Hall–Kier alpha value is -3.98. The minimum absolute atomic E-state index is 0.289. The molecule has 10 heteroatoms. The van der Waals surface area contributed by atoms with Gasteiger partial charge < -0.3 is 19.9 Å². The molecule has 4 bridgehead atoms. The predicted octanol–water partition coefficient (Wildman–Crippen LogP) is 5.78. The maximum Gasteiger partial charge on any atom is 0.229 e. The Morgan fingerprint density at radius 1 is 1.08 bits per heavy atom. The van der Waals surface area contributed by atoms with Crippen LogP contribution in [0.1, 0.15) is 29.2 Å². The second kappa shape index (κ2) is 9.23. The zero-order valence-electron chi connectivity index (χ0n) is 19.0. The Bertz CT molecular complexity index is 1490. The van der Waals surface area contributed by atoms with Gasteiger partial charge in [-0.2, -0.15) is 4.98 Å². The summed E-state index contributed by atoms with van der Waals surface area (Å²) >= 11 is 6.01. The van der Waals surface area contributed by atoms with Gasteiger partial charge in [0.25, 0.3) is 0 Å². The molecule has 2 aromatic carbocycles. The van der Waals surface area contributed by atoms with Gasteiger partial charge in [-0.15, -0.1) is 0 Å². The minimum atomic E-state index is -0.599. The summed E-state index contributed by atoms with van der Waals surface area (Å²) in [5, 5.41) is 7.00. The van der Waals surface area contributed by atoms with E-state index in [2.05, 4.69) is 15.6 Å². The number of anilines is 3. The Kier molecular flexibility index (Phi) is 5.77. The van der Waals surface area contributed by atoms with E-state index in [1.165, 1.54) is 12.1 Å². The van der Waals surface area contributed by atoms with Crippen LogP contribution in [0.25, 0.3) is 5.69 Å². The molecule has 0 spiro atoms. The number of nitrogens with one attached hydrogen (secondary N) is 2. The molecule has 182 valence electrons. The number of nitrogens with zero attached hydrogens (tertiary/aromatic N) is 4. The average Bonchev–Trinajstić information content (AvgIpc) is 3.47. The quantitative estimate of drug-likeness (QED) is 0.336. The molecule has 2 aliphatic rings. The number of fused-ring (bicyclic) bond motifs is 6. The molecule has 1 atom stereocenters. The molecule has 2 N–H and O–H groups in total. The second-order valence-electron chi connectivity index (χ2n) is 8.59. The van der Waals surface area contributed by atoms with Crippen LogP contribution in [-0.4, -0.2) is 32.7 Å². The Labute approximate surface area is 210 Å². The summed E-state index contributed by atoms with van der Waals surface area (Å²) in [6.07, 6.45) is 8.57. The number of aromatic nitrogens is 4. The van der Waals surface area contributed by atoms with E-state index in [0.29, 0.717) is 54.2 Å². The van der Waals surface area contributed by atoms with Crippen molar-refractivity contribution < 1.29 is 13.5 Å². The molecule has 6 rings (SSSR count). The van der Waals surface area contributed by atoms with Crippen LogP contribution in [0.5, 0.6) is 5.75 Å². The fourth-order valence-corrected chi connectivity index (χ4v) is 4.82. The van der Waals surface area contributed by atoms with Crippen molar-refractivity contribution >= 4 is 29.1 Å². The van der Waals surface area contributed by atoms with Gasteiger partial charge in [0.1, 0.15) is 41.3 Å². The zero-order valence-corrected chi connectivity index (χ0v) is 19.8. The summed E-state index contributed by atoms with van der Waals surface area (Å²) in [5.41, 5.74) is 3.62. The summed E-state index contributed by atoms with van der Waals surface area (Å²) in [7, 11) is 0. The molecule has 0 fully saturated rings. The van der Waals surface area contributed by atoms with Crippen LogP contribution in [0, 0.1) is 11.6 Å². The molecular weight excluding hydrogens is 486 g/mol. The van der Waals surface area contributed by atoms with Gasteiger partial charge in [0.05, 0.1) is 11.4 Å². The highest BCUT2D eigenvalue weighted by Crippen LogP contribution is 2.41. The van der Waals surface area contributed by atoms with E-state index in [0.717, 1.165) is 28.7 Å². The Morgan fingerprint density at radius 2 is 2.00 bits per heavy atom. The monoisotopic (exact) mass is 506 g/mol. The smallest absolute Gasteiger partial charge is 0.229 e. The number of imidazole rings is 1. The highest BCUT2D eigenvalue weighted by molar-refractivity contribution is 6.29. The molecule has 0 saturated heterocycles. The van der Waals surface area contributed by atoms with E-state index in [-0.39, 0.29) is 5.92 Å². The summed E-state index contributed by atoms with van der Waals surface area (Å²) in [5.74, 6) is 0.238. The first-order chi connectivity index (χ1) is 17.5. The predicted molar refractivity (Wildman–Crippen MR) is 134 cm³/mol. The summed E-state index contributed by atoms with van der Waals surface area (Å²) < 4.78 is 36.0. The molecule has 2 aromatic heterocycles. The molecule has 1 aliphatic carbocycles. The molecule has 36 heavy (non-hydrogen) atoms. The van der Waals surface area contributed by atoms with E-state index >= 15 is 0 Å². The minimum Gasteiger partial charge on any atom is -0.487 e. The molecule has 3 heterocycles. The highest BCUT2D eigenvalue weighted by Gasteiger charge is 2.31. The SMILES string of the molecule is Fc1ccc(C2CCc3c4nc(nc32)Nc2ccc(-n3cnc(Cl)c3)c(c2)OC/C=C/CN4)c(F)c1. The first-order valence-electron chi connectivity index (χ1n) is 11.5. The lowest BCUT2D eigenvalue weighted by atomic mass is 9.96. The van der Waals surface area contributed by atoms with Crippen LogP contribution < -0.4 is 15.4 Å². The summed E-state index contributed by atoms with van der Waals surface area (Å²) in [6.45, 7) is 0.900. The van der Waals surface area contributed by atoms with E-state index < -0.39 is 11.6 Å². The topological polar surface area (TPSA) is 76.9 Å². The zero-order chi connectivity index (χ0) is 24.6.